The molecule has 2 rings (SSSR count). The molecule has 7 nitrogen and oxygen atoms in total. The fourth-order valence-corrected chi connectivity index (χ4v) is 2.15. The van der Waals surface area contributed by atoms with Gasteiger partial charge < -0.3 is 14.3 Å². The summed E-state index contributed by atoms with van der Waals surface area (Å²) in [5, 5.41) is 8.10. The van der Waals surface area contributed by atoms with Gasteiger partial charge in [0, 0.05) is 30.5 Å². The first kappa shape index (κ1) is 15.2. The van der Waals surface area contributed by atoms with E-state index >= 15 is 0 Å². The summed E-state index contributed by atoms with van der Waals surface area (Å²) >= 11 is 0. The van der Waals surface area contributed by atoms with E-state index in [2.05, 4.69) is 33.9 Å². The van der Waals surface area contributed by atoms with E-state index in [4.69, 9.17) is 4.74 Å². The minimum Gasteiger partial charge on any atom is -0.491 e. The standard InChI is InChI=1S/C14H21N5O2/c1-10(2)19-9-16-17-14(19)8-18(3)7-11-5-12(20)13(21-4)6-15-11/h5-6,9-10H,7-8H2,1-4H3,(H,15,20). The van der Waals surface area contributed by atoms with Crippen LogP contribution in [0.2, 0.25) is 0 Å². The molecule has 2 heterocycles. The molecule has 0 spiro atoms. The zero-order valence-electron chi connectivity index (χ0n) is 12.8. The zero-order valence-corrected chi connectivity index (χ0v) is 12.8. The van der Waals surface area contributed by atoms with Crippen LogP contribution in [-0.2, 0) is 13.1 Å². The normalized spacial score (nSPS) is 11.3. The summed E-state index contributed by atoms with van der Waals surface area (Å²) in [4.78, 5) is 16.9. The molecule has 21 heavy (non-hydrogen) atoms. The second kappa shape index (κ2) is 6.53. The van der Waals surface area contributed by atoms with Crippen molar-refractivity contribution in [2.45, 2.75) is 33.0 Å². The van der Waals surface area contributed by atoms with Gasteiger partial charge in [-0.25, -0.2) is 0 Å². The van der Waals surface area contributed by atoms with Gasteiger partial charge in [0.05, 0.1) is 13.7 Å². The molecular formula is C14H21N5O2. The monoisotopic (exact) mass is 291 g/mol. The first-order chi connectivity index (χ1) is 10.0. The number of aromatic nitrogens is 4. The van der Waals surface area contributed by atoms with Gasteiger partial charge in [-0.3, -0.25) is 9.69 Å². The second-order valence-electron chi connectivity index (χ2n) is 5.31. The molecular weight excluding hydrogens is 270 g/mol. The van der Waals surface area contributed by atoms with Crippen molar-refractivity contribution in [3.8, 4) is 5.75 Å². The van der Waals surface area contributed by atoms with E-state index in [0.717, 1.165) is 11.5 Å². The van der Waals surface area contributed by atoms with E-state index in [-0.39, 0.29) is 5.43 Å². The Hall–Kier alpha value is -2.15. The number of methoxy groups -OCH3 is 1. The summed E-state index contributed by atoms with van der Waals surface area (Å²) in [6.07, 6.45) is 3.32. The summed E-state index contributed by atoms with van der Waals surface area (Å²) in [6.45, 7) is 5.46. The van der Waals surface area contributed by atoms with Crippen molar-refractivity contribution < 1.29 is 4.74 Å². The molecule has 0 radical (unpaired) electrons. The molecule has 114 valence electrons. The number of pyridine rings is 1. The quantitative estimate of drug-likeness (QED) is 0.865. The fourth-order valence-electron chi connectivity index (χ4n) is 2.15. The molecule has 0 saturated carbocycles. The highest BCUT2D eigenvalue weighted by Gasteiger charge is 2.11. The molecule has 7 heteroatoms. The molecule has 0 amide bonds. The minimum atomic E-state index is -0.120. The maximum absolute atomic E-state index is 11.7. The first-order valence-corrected chi connectivity index (χ1v) is 6.83. The third-order valence-electron chi connectivity index (χ3n) is 3.21. The molecule has 0 aliphatic carbocycles. The zero-order chi connectivity index (χ0) is 15.4. The Morgan fingerprint density at radius 3 is 2.81 bits per heavy atom. The number of H-pyrrole nitrogens is 1. The largest absolute Gasteiger partial charge is 0.491 e. The van der Waals surface area contributed by atoms with E-state index in [1.807, 2.05) is 11.6 Å². The van der Waals surface area contributed by atoms with Crippen molar-refractivity contribution in [3.05, 3.63) is 40.3 Å². The predicted octanol–water partition coefficient (Wildman–Crippen LogP) is 1.19. The van der Waals surface area contributed by atoms with E-state index < -0.39 is 0 Å². The molecule has 0 unspecified atom stereocenters. The van der Waals surface area contributed by atoms with Crippen molar-refractivity contribution in [1.29, 1.82) is 0 Å². The van der Waals surface area contributed by atoms with Crippen LogP contribution < -0.4 is 10.2 Å². The molecule has 0 saturated heterocycles. The summed E-state index contributed by atoms with van der Waals surface area (Å²) in [5.41, 5.74) is 0.712. The Labute approximate surface area is 123 Å². The SMILES string of the molecule is COc1c[nH]c(CN(C)Cc2nncn2C(C)C)cc1=O. The molecule has 0 bridgehead atoms. The highest BCUT2D eigenvalue weighted by molar-refractivity contribution is 5.20. The number of ether oxygens (including phenoxy) is 1. The van der Waals surface area contributed by atoms with Crippen LogP contribution in [0.25, 0.3) is 0 Å². The molecule has 0 aliphatic rings. The van der Waals surface area contributed by atoms with Gasteiger partial charge in [-0.05, 0) is 20.9 Å². The number of hydrogen-bond acceptors (Lipinski definition) is 5. The number of hydrogen-bond donors (Lipinski definition) is 1. The maximum atomic E-state index is 11.7. The van der Waals surface area contributed by atoms with Crippen LogP contribution in [-0.4, -0.2) is 38.8 Å². The van der Waals surface area contributed by atoms with Crippen LogP contribution in [0.5, 0.6) is 5.75 Å². The molecule has 2 aromatic heterocycles. The Balaban J connectivity index is 2.04. The Morgan fingerprint density at radius 1 is 1.43 bits per heavy atom. The number of rotatable bonds is 6. The van der Waals surface area contributed by atoms with Gasteiger partial charge in [0.2, 0.25) is 5.43 Å². The van der Waals surface area contributed by atoms with Crippen molar-refractivity contribution in [2.24, 2.45) is 0 Å². The van der Waals surface area contributed by atoms with Gasteiger partial charge in [0.1, 0.15) is 12.2 Å². The van der Waals surface area contributed by atoms with Gasteiger partial charge in [-0.2, -0.15) is 0 Å². The highest BCUT2D eigenvalue weighted by atomic mass is 16.5. The smallest absolute Gasteiger partial charge is 0.223 e. The third-order valence-corrected chi connectivity index (χ3v) is 3.21. The van der Waals surface area contributed by atoms with Gasteiger partial charge in [0.15, 0.2) is 5.75 Å². The predicted molar refractivity (Wildman–Crippen MR) is 79.2 cm³/mol. The van der Waals surface area contributed by atoms with Crippen LogP contribution >= 0.6 is 0 Å². The minimum absolute atomic E-state index is 0.120. The van der Waals surface area contributed by atoms with Crippen LogP contribution in [0.4, 0.5) is 0 Å². The summed E-state index contributed by atoms with van der Waals surface area (Å²) in [5.74, 6) is 1.23. The van der Waals surface area contributed by atoms with Crippen molar-refractivity contribution in [2.75, 3.05) is 14.2 Å². The molecule has 0 fully saturated rings. The Morgan fingerprint density at radius 2 is 2.19 bits per heavy atom. The van der Waals surface area contributed by atoms with E-state index in [9.17, 15) is 4.79 Å². The Bertz CT molecular complexity index is 647. The average molecular weight is 291 g/mol. The number of nitrogens with one attached hydrogen (secondary N) is 1. The molecule has 0 aliphatic heterocycles. The maximum Gasteiger partial charge on any atom is 0.223 e. The van der Waals surface area contributed by atoms with E-state index in [1.54, 1.807) is 18.6 Å². The van der Waals surface area contributed by atoms with Gasteiger partial charge in [-0.15, -0.1) is 10.2 Å². The molecule has 1 N–H and O–H groups in total. The third kappa shape index (κ3) is 3.69. The van der Waals surface area contributed by atoms with Crippen LogP contribution in [0, 0.1) is 0 Å². The number of nitrogens with zero attached hydrogens (tertiary/aromatic N) is 4. The van der Waals surface area contributed by atoms with Crippen molar-refractivity contribution >= 4 is 0 Å². The van der Waals surface area contributed by atoms with Crippen molar-refractivity contribution in [3.63, 3.8) is 0 Å². The fraction of sp³-hybridized carbons (Fsp3) is 0.500. The lowest BCUT2D eigenvalue weighted by molar-refractivity contribution is 0.298. The lowest BCUT2D eigenvalue weighted by atomic mass is 10.3. The average Bonchev–Trinajstić information content (AvgIpc) is 2.87. The van der Waals surface area contributed by atoms with Crippen molar-refractivity contribution in [1.82, 2.24) is 24.6 Å². The first-order valence-electron chi connectivity index (χ1n) is 6.83. The highest BCUT2D eigenvalue weighted by Crippen LogP contribution is 2.10. The molecule has 2 aromatic rings. The van der Waals surface area contributed by atoms with E-state index in [1.165, 1.54) is 7.11 Å². The van der Waals surface area contributed by atoms with Crippen LogP contribution in [0.1, 0.15) is 31.4 Å². The van der Waals surface area contributed by atoms with Gasteiger partial charge in [-0.1, -0.05) is 0 Å². The lowest BCUT2D eigenvalue weighted by Crippen LogP contribution is -2.22. The second-order valence-corrected chi connectivity index (χ2v) is 5.31. The van der Waals surface area contributed by atoms with Gasteiger partial charge in [0.25, 0.3) is 0 Å². The summed E-state index contributed by atoms with van der Waals surface area (Å²) < 4.78 is 6.99. The topological polar surface area (TPSA) is 76.0 Å². The number of aromatic amines is 1. The van der Waals surface area contributed by atoms with Gasteiger partial charge >= 0.3 is 0 Å². The Kier molecular flexibility index (Phi) is 4.74. The lowest BCUT2D eigenvalue weighted by Gasteiger charge is -2.18. The summed E-state index contributed by atoms with van der Waals surface area (Å²) in [6, 6.07) is 1.88. The van der Waals surface area contributed by atoms with Crippen LogP contribution in [0.15, 0.2) is 23.4 Å². The molecule has 0 aromatic carbocycles. The summed E-state index contributed by atoms with van der Waals surface area (Å²) in [7, 11) is 3.46. The van der Waals surface area contributed by atoms with Crippen LogP contribution in [0.3, 0.4) is 0 Å². The van der Waals surface area contributed by atoms with E-state index in [0.29, 0.717) is 24.9 Å². The molecule has 0 atom stereocenters.